The van der Waals surface area contributed by atoms with Crippen LogP contribution in [0.15, 0.2) is 41.6 Å². The van der Waals surface area contributed by atoms with Gasteiger partial charge in [-0.2, -0.15) is 5.10 Å². The molecule has 0 bridgehead atoms. The smallest absolute Gasteiger partial charge is 0.179 e. The molecule has 0 spiro atoms. The average molecular weight is 328 g/mol. The Bertz CT molecular complexity index is 680. The summed E-state index contributed by atoms with van der Waals surface area (Å²) in [6.45, 7) is 3.78. The lowest BCUT2D eigenvalue weighted by molar-refractivity contribution is 0.558. The van der Waals surface area contributed by atoms with Gasteiger partial charge in [-0.1, -0.05) is 11.6 Å². The van der Waals surface area contributed by atoms with Gasteiger partial charge in [0.25, 0.3) is 0 Å². The highest BCUT2D eigenvalue weighted by Crippen LogP contribution is 2.14. The van der Waals surface area contributed by atoms with Crippen LogP contribution in [0, 0.1) is 6.92 Å². The van der Waals surface area contributed by atoms with Gasteiger partial charge in [0, 0.05) is 24.3 Å². The molecule has 0 saturated heterocycles. The normalized spacial score (nSPS) is 11.7. The number of nitrogens with zero attached hydrogens (tertiary/aromatic N) is 2. The molecule has 7 heteroatoms. The molecule has 5 nitrogen and oxygen atoms in total. The SMILES string of the molecule is Cc1cnn(CCNCCS(=O)(=O)c2ccc(Cl)cc2)c1. The Hall–Kier alpha value is -1.37. The molecule has 0 aliphatic carbocycles. The Morgan fingerprint density at radius 1 is 1.24 bits per heavy atom. The molecular weight excluding hydrogens is 310 g/mol. The maximum Gasteiger partial charge on any atom is 0.179 e. The van der Waals surface area contributed by atoms with Crippen molar-refractivity contribution in [1.29, 1.82) is 0 Å². The first kappa shape index (κ1) is 16.0. The summed E-state index contributed by atoms with van der Waals surface area (Å²) in [6.07, 6.45) is 3.75. The van der Waals surface area contributed by atoms with Gasteiger partial charge >= 0.3 is 0 Å². The molecule has 0 fully saturated rings. The van der Waals surface area contributed by atoms with Crippen molar-refractivity contribution in [2.45, 2.75) is 18.4 Å². The van der Waals surface area contributed by atoms with Gasteiger partial charge in [-0.3, -0.25) is 4.68 Å². The lowest BCUT2D eigenvalue weighted by atomic mass is 10.4. The molecule has 1 aromatic heterocycles. The van der Waals surface area contributed by atoms with Gasteiger partial charge in [0.05, 0.1) is 23.4 Å². The molecule has 0 aliphatic rings. The van der Waals surface area contributed by atoms with Crippen LogP contribution in [-0.4, -0.2) is 37.0 Å². The third-order valence-electron chi connectivity index (χ3n) is 3.00. The van der Waals surface area contributed by atoms with Gasteiger partial charge in [0.15, 0.2) is 9.84 Å². The minimum atomic E-state index is -3.26. The first-order chi connectivity index (χ1) is 9.97. The van der Waals surface area contributed by atoms with Gasteiger partial charge in [0.1, 0.15) is 0 Å². The van der Waals surface area contributed by atoms with Crippen LogP contribution in [0.2, 0.25) is 5.02 Å². The summed E-state index contributed by atoms with van der Waals surface area (Å²) in [7, 11) is -3.26. The summed E-state index contributed by atoms with van der Waals surface area (Å²) in [5.74, 6) is 0.0623. The molecule has 21 heavy (non-hydrogen) atoms. The monoisotopic (exact) mass is 327 g/mol. The second-order valence-corrected chi connectivity index (χ2v) is 7.35. The van der Waals surface area contributed by atoms with E-state index in [1.807, 2.05) is 17.8 Å². The molecule has 0 aliphatic heterocycles. The van der Waals surface area contributed by atoms with Crippen LogP contribution in [0.4, 0.5) is 0 Å². The Morgan fingerprint density at radius 3 is 2.57 bits per heavy atom. The number of benzene rings is 1. The van der Waals surface area contributed by atoms with E-state index in [0.29, 0.717) is 23.0 Å². The van der Waals surface area contributed by atoms with E-state index in [4.69, 9.17) is 11.6 Å². The highest BCUT2D eigenvalue weighted by atomic mass is 35.5. The number of halogens is 1. The van der Waals surface area contributed by atoms with Gasteiger partial charge in [-0.25, -0.2) is 8.42 Å². The zero-order valence-electron chi connectivity index (χ0n) is 11.8. The number of hydrogen-bond donors (Lipinski definition) is 1. The van der Waals surface area contributed by atoms with E-state index in [-0.39, 0.29) is 5.75 Å². The number of sulfone groups is 1. The first-order valence-corrected chi connectivity index (χ1v) is 8.68. The van der Waals surface area contributed by atoms with Crippen LogP contribution in [0.1, 0.15) is 5.56 Å². The quantitative estimate of drug-likeness (QED) is 0.789. The van der Waals surface area contributed by atoms with Crippen LogP contribution in [0.25, 0.3) is 0 Å². The summed E-state index contributed by atoms with van der Waals surface area (Å²) in [5.41, 5.74) is 1.11. The minimum absolute atomic E-state index is 0.0623. The largest absolute Gasteiger partial charge is 0.314 e. The average Bonchev–Trinajstić information content (AvgIpc) is 2.84. The highest BCUT2D eigenvalue weighted by molar-refractivity contribution is 7.91. The maximum atomic E-state index is 12.1. The van der Waals surface area contributed by atoms with E-state index < -0.39 is 9.84 Å². The summed E-state index contributed by atoms with van der Waals surface area (Å²) in [4.78, 5) is 0.302. The third kappa shape index (κ3) is 4.84. The Morgan fingerprint density at radius 2 is 1.95 bits per heavy atom. The fourth-order valence-electron chi connectivity index (χ4n) is 1.87. The zero-order chi connectivity index (χ0) is 15.3. The summed E-state index contributed by atoms with van der Waals surface area (Å²) in [5, 5.41) is 7.81. The number of aryl methyl sites for hydroxylation is 1. The molecule has 2 rings (SSSR count). The molecule has 0 atom stereocenters. The molecule has 2 aromatic rings. The summed E-state index contributed by atoms with van der Waals surface area (Å²) in [6, 6.07) is 6.23. The molecule has 1 N–H and O–H groups in total. The molecule has 0 amide bonds. The van der Waals surface area contributed by atoms with E-state index in [1.54, 1.807) is 18.3 Å². The van der Waals surface area contributed by atoms with Gasteiger partial charge < -0.3 is 5.32 Å². The topological polar surface area (TPSA) is 64.0 Å². The number of aromatic nitrogens is 2. The Kier molecular flexibility index (Phi) is 5.39. The third-order valence-corrected chi connectivity index (χ3v) is 4.98. The molecule has 0 radical (unpaired) electrons. The van der Waals surface area contributed by atoms with Crippen molar-refractivity contribution in [3.63, 3.8) is 0 Å². The second kappa shape index (κ2) is 7.06. The van der Waals surface area contributed by atoms with Gasteiger partial charge in [-0.05, 0) is 36.8 Å². The van der Waals surface area contributed by atoms with Crippen molar-refractivity contribution in [1.82, 2.24) is 15.1 Å². The zero-order valence-corrected chi connectivity index (χ0v) is 13.4. The molecule has 114 valence electrons. The van der Waals surface area contributed by atoms with Crippen LogP contribution < -0.4 is 5.32 Å². The predicted octanol–water partition coefficient (Wildman–Crippen LogP) is 1.91. The molecule has 1 aromatic carbocycles. The van der Waals surface area contributed by atoms with Crippen LogP contribution >= 0.6 is 11.6 Å². The van der Waals surface area contributed by atoms with Crippen molar-refractivity contribution in [2.24, 2.45) is 0 Å². The van der Waals surface area contributed by atoms with E-state index in [9.17, 15) is 8.42 Å². The molecule has 1 heterocycles. The number of rotatable bonds is 7. The predicted molar refractivity (Wildman–Crippen MR) is 83.3 cm³/mol. The minimum Gasteiger partial charge on any atom is -0.314 e. The summed E-state index contributed by atoms with van der Waals surface area (Å²) < 4.78 is 26.0. The lowest BCUT2D eigenvalue weighted by Gasteiger charge is -2.07. The first-order valence-electron chi connectivity index (χ1n) is 6.65. The number of hydrogen-bond acceptors (Lipinski definition) is 4. The van der Waals surface area contributed by atoms with Crippen molar-refractivity contribution in [2.75, 3.05) is 18.8 Å². The lowest BCUT2D eigenvalue weighted by Crippen LogP contribution is -2.26. The van der Waals surface area contributed by atoms with E-state index in [1.165, 1.54) is 12.1 Å². The summed E-state index contributed by atoms with van der Waals surface area (Å²) >= 11 is 5.75. The fourth-order valence-corrected chi connectivity index (χ4v) is 3.20. The van der Waals surface area contributed by atoms with Crippen LogP contribution in [0.3, 0.4) is 0 Å². The molecule has 0 saturated carbocycles. The molecule has 0 unspecified atom stereocenters. The number of nitrogens with one attached hydrogen (secondary N) is 1. The fraction of sp³-hybridized carbons (Fsp3) is 0.357. The van der Waals surface area contributed by atoms with Gasteiger partial charge in [-0.15, -0.1) is 0 Å². The highest BCUT2D eigenvalue weighted by Gasteiger charge is 2.13. The van der Waals surface area contributed by atoms with Crippen molar-refractivity contribution in [3.8, 4) is 0 Å². The van der Waals surface area contributed by atoms with E-state index in [2.05, 4.69) is 10.4 Å². The van der Waals surface area contributed by atoms with Crippen molar-refractivity contribution in [3.05, 3.63) is 47.2 Å². The Labute approximate surface area is 129 Å². The van der Waals surface area contributed by atoms with E-state index >= 15 is 0 Å². The van der Waals surface area contributed by atoms with Crippen molar-refractivity contribution >= 4 is 21.4 Å². The molecular formula is C14H18ClN3O2S. The van der Waals surface area contributed by atoms with Crippen LogP contribution in [-0.2, 0) is 16.4 Å². The second-order valence-electron chi connectivity index (χ2n) is 4.80. The van der Waals surface area contributed by atoms with Crippen LogP contribution in [0.5, 0.6) is 0 Å². The Balaban J connectivity index is 1.76. The standard InChI is InChI=1S/C14H18ClN3O2S/c1-12-10-17-18(11-12)8-6-16-7-9-21(19,20)14-4-2-13(15)3-5-14/h2-5,10-11,16H,6-9H2,1H3. The van der Waals surface area contributed by atoms with E-state index in [0.717, 1.165) is 12.1 Å². The van der Waals surface area contributed by atoms with Crippen molar-refractivity contribution < 1.29 is 8.42 Å². The van der Waals surface area contributed by atoms with Gasteiger partial charge in [0.2, 0.25) is 0 Å². The maximum absolute atomic E-state index is 12.1.